The van der Waals surface area contributed by atoms with Crippen molar-refractivity contribution in [1.82, 2.24) is 19.1 Å². The number of halogens is 1. The number of benzene rings is 2. The van der Waals surface area contributed by atoms with Crippen LogP contribution >= 0.6 is 7.36 Å². The monoisotopic (exact) mass is 580 g/mol. The highest BCUT2D eigenvalue weighted by atomic mass is 31.2. The molecular formula is C27H30FN8O4P. The fraction of sp³-hybridized carbons (Fsp3) is 0.370. The maximum Gasteiger partial charge on any atom is 0.298 e. The lowest BCUT2D eigenvalue weighted by Crippen LogP contribution is -2.45. The van der Waals surface area contributed by atoms with E-state index in [2.05, 4.69) is 10.7 Å². The number of nitro groups is 1. The summed E-state index contributed by atoms with van der Waals surface area (Å²) in [5, 5.41) is 27.0. The molecule has 1 saturated heterocycles. The van der Waals surface area contributed by atoms with Crippen molar-refractivity contribution < 1.29 is 18.8 Å². The normalized spacial score (nSPS) is 18.8. The minimum atomic E-state index is -3.15. The molecule has 0 N–H and O–H groups in total. The van der Waals surface area contributed by atoms with Crippen LogP contribution in [0.4, 0.5) is 21.6 Å². The zero-order chi connectivity index (χ0) is 29.1. The third-order valence-corrected chi connectivity index (χ3v) is 10.8. The fourth-order valence-corrected chi connectivity index (χ4v) is 8.99. The van der Waals surface area contributed by atoms with Crippen molar-refractivity contribution in [2.24, 2.45) is 9.74 Å². The molecule has 41 heavy (non-hydrogen) atoms. The summed E-state index contributed by atoms with van der Waals surface area (Å²) in [5.74, 6) is 0.689. The first-order valence-corrected chi connectivity index (χ1v) is 14.9. The minimum Gasteiger partial charge on any atom is -0.494 e. The van der Waals surface area contributed by atoms with Gasteiger partial charge >= 0.3 is 0 Å². The van der Waals surface area contributed by atoms with Crippen molar-refractivity contribution in [1.29, 1.82) is 5.26 Å². The lowest BCUT2D eigenvalue weighted by atomic mass is 10.2. The zero-order valence-corrected chi connectivity index (χ0v) is 23.9. The molecule has 1 aromatic heterocycles. The van der Waals surface area contributed by atoms with Crippen LogP contribution in [0, 0.1) is 34.2 Å². The topological polar surface area (TPSA) is 134 Å². The second-order valence-electron chi connectivity index (χ2n) is 9.40. The van der Waals surface area contributed by atoms with Gasteiger partial charge in [0.15, 0.2) is 13.2 Å². The van der Waals surface area contributed by atoms with E-state index in [0.717, 1.165) is 0 Å². The number of hydrogen-bond acceptors (Lipinski definition) is 8. The second-order valence-corrected chi connectivity index (χ2v) is 12.4. The van der Waals surface area contributed by atoms with E-state index in [0.29, 0.717) is 61.3 Å². The van der Waals surface area contributed by atoms with Crippen LogP contribution in [0.2, 0.25) is 0 Å². The quantitative estimate of drug-likeness (QED) is 0.209. The van der Waals surface area contributed by atoms with Crippen LogP contribution in [0.5, 0.6) is 5.75 Å². The van der Waals surface area contributed by atoms with E-state index < -0.39 is 18.1 Å². The summed E-state index contributed by atoms with van der Waals surface area (Å²) in [6, 6.07) is 13.1. The SMILES string of the molecule is CCOc1ccc(N=[P@@]2(N3CCOCC3)c3c(C)nn(CCC#N)c3N=C(c3ccccc3F)N2C)c([N+](=O)[O-])c1. The molecule has 2 aliphatic heterocycles. The summed E-state index contributed by atoms with van der Waals surface area (Å²) in [6.07, 6.45) is 0.193. The van der Waals surface area contributed by atoms with Gasteiger partial charge in [0, 0.05) is 20.1 Å². The summed E-state index contributed by atoms with van der Waals surface area (Å²) in [4.78, 5) is 16.7. The van der Waals surface area contributed by atoms with E-state index >= 15 is 4.39 Å². The molecule has 0 spiro atoms. The Morgan fingerprint density at radius 3 is 2.71 bits per heavy atom. The first-order valence-electron chi connectivity index (χ1n) is 13.2. The van der Waals surface area contributed by atoms with Gasteiger partial charge in [0.05, 0.1) is 66.4 Å². The maximum absolute atomic E-state index is 15.3. The van der Waals surface area contributed by atoms with E-state index in [4.69, 9.17) is 24.3 Å². The predicted octanol–water partition coefficient (Wildman–Crippen LogP) is 4.90. The third kappa shape index (κ3) is 5.10. The number of morpholine rings is 1. The van der Waals surface area contributed by atoms with Gasteiger partial charge in [0.2, 0.25) is 0 Å². The van der Waals surface area contributed by atoms with Gasteiger partial charge < -0.3 is 14.1 Å². The molecule has 0 unspecified atom stereocenters. The van der Waals surface area contributed by atoms with Gasteiger partial charge in [0.1, 0.15) is 23.1 Å². The Labute approximate surface area is 236 Å². The van der Waals surface area contributed by atoms with E-state index in [1.807, 2.05) is 11.6 Å². The van der Waals surface area contributed by atoms with Crippen molar-refractivity contribution in [2.45, 2.75) is 26.8 Å². The van der Waals surface area contributed by atoms with Gasteiger partial charge in [-0.15, -0.1) is 0 Å². The lowest BCUT2D eigenvalue weighted by molar-refractivity contribution is -0.384. The largest absolute Gasteiger partial charge is 0.494 e. The highest BCUT2D eigenvalue weighted by molar-refractivity contribution is 7.70. The molecule has 0 aliphatic carbocycles. The number of nitriles is 1. The number of aryl methyl sites for hydroxylation is 2. The van der Waals surface area contributed by atoms with Crippen molar-refractivity contribution in [2.75, 3.05) is 40.0 Å². The first kappa shape index (κ1) is 28.4. The number of aliphatic imine (C=N–C) groups is 1. The first-order chi connectivity index (χ1) is 19.8. The van der Waals surface area contributed by atoms with Crippen LogP contribution in [0.3, 0.4) is 0 Å². The molecule has 0 saturated carbocycles. The molecule has 2 aromatic carbocycles. The molecule has 12 nitrogen and oxygen atoms in total. The maximum atomic E-state index is 15.3. The van der Waals surface area contributed by atoms with Gasteiger partial charge in [-0.1, -0.05) is 12.1 Å². The van der Waals surface area contributed by atoms with Crippen molar-refractivity contribution >= 4 is 35.7 Å². The van der Waals surface area contributed by atoms with Gasteiger partial charge in [-0.2, -0.15) is 10.4 Å². The number of ether oxygens (including phenoxy) is 2. The van der Waals surface area contributed by atoms with Gasteiger partial charge in [-0.3, -0.25) is 10.1 Å². The highest BCUT2D eigenvalue weighted by Gasteiger charge is 2.46. The van der Waals surface area contributed by atoms with Crippen LogP contribution < -0.4 is 10.0 Å². The van der Waals surface area contributed by atoms with Gasteiger partial charge in [-0.05, 0) is 38.1 Å². The van der Waals surface area contributed by atoms with Crippen LogP contribution in [-0.2, 0) is 11.3 Å². The van der Waals surface area contributed by atoms with E-state index in [9.17, 15) is 15.4 Å². The Morgan fingerprint density at radius 1 is 1.27 bits per heavy atom. The van der Waals surface area contributed by atoms with Crippen molar-refractivity contribution in [3.63, 3.8) is 0 Å². The summed E-state index contributed by atoms with van der Waals surface area (Å²) in [6.45, 7) is 6.11. The highest BCUT2D eigenvalue weighted by Crippen LogP contribution is 2.62. The van der Waals surface area contributed by atoms with E-state index in [-0.39, 0.29) is 29.9 Å². The standard InChI is InChI=1S/C27H30FN8O4P/c1-4-40-20-10-11-23(24(18-20)36(37)38)32-41(34-14-16-39-17-15-34)25-19(2)31-35(13-7-12-29)27(25)30-26(33(41)3)21-8-5-6-9-22(21)28/h5-6,8-11,18H,4,7,13-17H2,1-3H3/t41-/m0/s1. The smallest absolute Gasteiger partial charge is 0.298 e. The Balaban J connectivity index is 1.88. The van der Waals surface area contributed by atoms with Crippen molar-refractivity contribution in [3.05, 3.63) is 69.7 Å². The number of fused-ring (bicyclic) bond motifs is 1. The molecule has 214 valence electrons. The molecule has 1 atom stereocenters. The zero-order valence-electron chi connectivity index (χ0n) is 23.0. The molecule has 2 aliphatic rings. The Bertz CT molecular complexity index is 1610. The summed E-state index contributed by atoms with van der Waals surface area (Å²) < 4.78 is 37.5. The predicted molar refractivity (Wildman–Crippen MR) is 153 cm³/mol. The fourth-order valence-electron chi connectivity index (χ4n) is 5.15. The van der Waals surface area contributed by atoms with Crippen molar-refractivity contribution in [3.8, 4) is 11.8 Å². The summed E-state index contributed by atoms with van der Waals surface area (Å²) in [5.41, 5.74) is 0.858. The van der Waals surface area contributed by atoms with Gasteiger partial charge in [-0.25, -0.2) is 23.5 Å². The van der Waals surface area contributed by atoms with Gasteiger partial charge in [0.25, 0.3) is 5.69 Å². The number of amidine groups is 1. The van der Waals surface area contributed by atoms with Crippen LogP contribution in [0.25, 0.3) is 0 Å². The summed E-state index contributed by atoms with van der Waals surface area (Å²) in [7, 11) is -1.35. The third-order valence-electron chi connectivity index (χ3n) is 6.94. The number of nitrogens with zero attached hydrogens (tertiary/aromatic N) is 8. The molecular weight excluding hydrogens is 550 g/mol. The Morgan fingerprint density at radius 2 is 2.02 bits per heavy atom. The molecule has 5 rings (SSSR count). The molecule has 0 amide bonds. The van der Waals surface area contributed by atoms with Crippen LogP contribution in [0.15, 0.2) is 52.2 Å². The van der Waals surface area contributed by atoms with Crippen LogP contribution in [-0.4, -0.2) is 69.8 Å². The number of nitro benzene ring substituents is 1. The lowest BCUT2D eigenvalue weighted by Gasteiger charge is -2.46. The molecule has 3 aromatic rings. The van der Waals surface area contributed by atoms with E-state index in [1.165, 1.54) is 12.1 Å². The molecule has 14 heteroatoms. The minimum absolute atomic E-state index is 0.162. The Hall–Kier alpha value is -4.11. The Kier molecular flexibility index (Phi) is 8.17. The molecule has 1 fully saturated rings. The number of rotatable bonds is 8. The average Bonchev–Trinajstić information content (AvgIpc) is 3.29. The molecule has 0 radical (unpaired) electrons. The average molecular weight is 581 g/mol. The van der Waals surface area contributed by atoms with E-state index in [1.54, 1.807) is 49.0 Å². The van der Waals surface area contributed by atoms with Crippen LogP contribution in [0.1, 0.15) is 24.6 Å². The number of hydrogen-bond donors (Lipinski definition) is 0. The molecule has 0 bridgehead atoms. The molecule has 3 heterocycles. The number of aromatic nitrogens is 2. The summed E-state index contributed by atoms with van der Waals surface area (Å²) >= 11 is 0. The second kappa shape index (κ2) is 11.8.